The Morgan fingerprint density at radius 1 is 1.29 bits per heavy atom. The summed E-state index contributed by atoms with van der Waals surface area (Å²) in [5.41, 5.74) is 8.18. The Labute approximate surface area is 103 Å². The van der Waals surface area contributed by atoms with Gasteiger partial charge >= 0.3 is 0 Å². The molecule has 2 rings (SSSR count). The average Bonchev–Trinajstić information content (AvgIpc) is 2.68. The van der Waals surface area contributed by atoms with E-state index in [1.807, 2.05) is 30.9 Å². The monoisotopic (exact) mass is 232 g/mol. The first-order chi connectivity index (χ1) is 7.96. The van der Waals surface area contributed by atoms with Crippen LogP contribution < -0.4 is 5.73 Å². The first-order valence-electron chi connectivity index (χ1n) is 6.09. The van der Waals surface area contributed by atoms with E-state index >= 15 is 0 Å². The number of fused-ring (bicyclic) bond motifs is 1. The molecule has 0 bridgehead atoms. The normalized spacial score (nSPS) is 14.9. The summed E-state index contributed by atoms with van der Waals surface area (Å²) in [5.74, 6) is 0.208. The van der Waals surface area contributed by atoms with Crippen LogP contribution in [0.1, 0.15) is 37.8 Å². The number of benzene rings is 1. The van der Waals surface area contributed by atoms with Gasteiger partial charge in [0.2, 0.25) is 5.91 Å². The third kappa shape index (κ3) is 3.07. The van der Waals surface area contributed by atoms with Crippen molar-refractivity contribution in [3.8, 4) is 0 Å². The van der Waals surface area contributed by atoms with Crippen molar-refractivity contribution in [1.29, 1.82) is 0 Å². The molecule has 0 saturated carbocycles. The molecule has 3 heteroatoms. The van der Waals surface area contributed by atoms with Gasteiger partial charge in [0.25, 0.3) is 0 Å². The summed E-state index contributed by atoms with van der Waals surface area (Å²) in [6.07, 6.45) is 1.27. The number of nitrogens with zero attached hydrogens (tertiary/aromatic N) is 1. The molecule has 0 fully saturated rings. The maximum atomic E-state index is 12.0. The number of rotatable bonds is 3. The summed E-state index contributed by atoms with van der Waals surface area (Å²) >= 11 is 0. The Morgan fingerprint density at radius 2 is 1.82 bits per heavy atom. The van der Waals surface area contributed by atoms with Crippen LogP contribution in [-0.2, 0) is 17.9 Å². The Bertz CT molecular complexity index is 395. The maximum Gasteiger partial charge on any atom is 0.223 e. The van der Waals surface area contributed by atoms with E-state index in [9.17, 15) is 4.79 Å². The van der Waals surface area contributed by atoms with Gasteiger partial charge in [-0.05, 0) is 31.4 Å². The molecule has 1 aliphatic heterocycles. The van der Waals surface area contributed by atoms with E-state index in [0.717, 1.165) is 19.5 Å². The van der Waals surface area contributed by atoms with Crippen LogP contribution in [-0.4, -0.2) is 16.3 Å². The second kappa shape index (κ2) is 4.49. The van der Waals surface area contributed by atoms with Crippen molar-refractivity contribution in [1.82, 2.24) is 4.90 Å². The van der Waals surface area contributed by atoms with Gasteiger partial charge in [-0.15, -0.1) is 0 Å². The van der Waals surface area contributed by atoms with Gasteiger partial charge < -0.3 is 10.6 Å². The molecule has 0 unspecified atom stereocenters. The summed E-state index contributed by atoms with van der Waals surface area (Å²) in [6.45, 7) is 5.41. The van der Waals surface area contributed by atoms with Crippen LogP contribution >= 0.6 is 0 Å². The van der Waals surface area contributed by atoms with Crippen molar-refractivity contribution in [2.24, 2.45) is 5.73 Å². The fourth-order valence-corrected chi connectivity index (χ4v) is 2.10. The van der Waals surface area contributed by atoms with E-state index in [-0.39, 0.29) is 11.4 Å². The largest absolute Gasteiger partial charge is 0.334 e. The zero-order chi connectivity index (χ0) is 12.5. The molecule has 3 nitrogen and oxygen atoms in total. The molecular weight excluding hydrogens is 212 g/mol. The van der Waals surface area contributed by atoms with Crippen molar-refractivity contribution in [2.75, 3.05) is 0 Å². The maximum absolute atomic E-state index is 12.0. The van der Waals surface area contributed by atoms with Gasteiger partial charge in [-0.3, -0.25) is 4.79 Å². The highest BCUT2D eigenvalue weighted by Gasteiger charge is 2.23. The third-order valence-electron chi connectivity index (χ3n) is 3.18. The highest BCUT2D eigenvalue weighted by Crippen LogP contribution is 2.23. The molecule has 0 atom stereocenters. The van der Waals surface area contributed by atoms with Crippen LogP contribution in [0.4, 0.5) is 0 Å². The van der Waals surface area contributed by atoms with Gasteiger partial charge in [0.1, 0.15) is 0 Å². The third-order valence-corrected chi connectivity index (χ3v) is 3.18. The lowest BCUT2D eigenvalue weighted by molar-refractivity contribution is -0.132. The van der Waals surface area contributed by atoms with Gasteiger partial charge in [0, 0.05) is 25.0 Å². The predicted octanol–water partition coefficient (Wildman–Crippen LogP) is 2.05. The summed E-state index contributed by atoms with van der Waals surface area (Å²) in [4.78, 5) is 13.9. The number of carbonyl (C=O) groups excluding carboxylic acids is 1. The van der Waals surface area contributed by atoms with Crippen molar-refractivity contribution >= 4 is 5.91 Å². The Balaban J connectivity index is 1.92. The van der Waals surface area contributed by atoms with Gasteiger partial charge in [-0.25, -0.2) is 0 Å². The lowest BCUT2D eigenvalue weighted by Gasteiger charge is -2.21. The van der Waals surface area contributed by atoms with E-state index in [2.05, 4.69) is 12.1 Å². The molecule has 1 aromatic carbocycles. The lowest BCUT2D eigenvalue weighted by atomic mass is 10.00. The van der Waals surface area contributed by atoms with Crippen molar-refractivity contribution in [3.63, 3.8) is 0 Å². The Kier molecular flexibility index (Phi) is 3.20. The number of hydrogen-bond donors (Lipinski definition) is 1. The van der Waals surface area contributed by atoms with E-state index in [4.69, 9.17) is 5.73 Å². The number of hydrogen-bond acceptors (Lipinski definition) is 2. The van der Waals surface area contributed by atoms with Crippen LogP contribution in [0, 0.1) is 0 Å². The molecule has 2 N–H and O–H groups in total. The minimum absolute atomic E-state index is 0.208. The zero-order valence-electron chi connectivity index (χ0n) is 10.6. The Hall–Kier alpha value is -1.35. The second-order valence-corrected chi connectivity index (χ2v) is 5.51. The highest BCUT2D eigenvalue weighted by atomic mass is 16.2. The molecule has 0 saturated heterocycles. The van der Waals surface area contributed by atoms with Crippen LogP contribution in [0.15, 0.2) is 24.3 Å². The summed E-state index contributed by atoms with van der Waals surface area (Å²) in [7, 11) is 0. The van der Waals surface area contributed by atoms with Crippen molar-refractivity contribution in [2.45, 2.75) is 45.3 Å². The topological polar surface area (TPSA) is 46.3 Å². The molecule has 0 aliphatic carbocycles. The fourth-order valence-electron chi connectivity index (χ4n) is 2.10. The number of nitrogens with two attached hydrogens (primary N) is 1. The van der Waals surface area contributed by atoms with Crippen LogP contribution in [0.2, 0.25) is 0 Å². The van der Waals surface area contributed by atoms with Crippen molar-refractivity contribution < 1.29 is 4.79 Å². The average molecular weight is 232 g/mol. The fraction of sp³-hybridized carbons (Fsp3) is 0.500. The van der Waals surface area contributed by atoms with Crippen molar-refractivity contribution in [3.05, 3.63) is 35.4 Å². The minimum atomic E-state index is -0.262. The smallest absolute Gasteiger partial charge is 0.223 e. The van der Waals surface area contributed by atoms with Gasteiger partial charge in [0.05, 0.1) is 0 Å². The molecule has 1 amide bonds. The predicted molar refractivity (Wildman–Crippen MR) is 68.2 cm³/mol. The molecule has 0 aromatic heterocycles. The summed E-state index contributed by atoms with van der Waals surface area (Å²) in [5, 5.41) is 0. The summed E-state index contributed by atoms with van der Waals surface area (Å²) < 4.78 is 0. The molecule has 1 heterocycles. The van der Waals surface area contributed by atoms with Crippen LogP contribution in [0.25, 0.3) is 0 Å². The van der Waals surface area contributed by atoms with E-state index in [0.29, 0.717) is 6.42 Å². The molecular formula is C14H20N2O. The van der Waals surface area contributed by atoms with Crippen LogP contribution in [0.5, 0.6) is 0 Å². The van der Waals surface area contributed by atoms with Crippen LogP contribution in [0.3, 0.4) is 0 Å². The first-order valence-corrected chi connectivity index (χ1v) is 6.09. The molecule has 92 valence electrons. The molecule has 0 radical (unpaired) electrons. The lowest BCUT2D eigenvalue weighted by Crippen LogP contribution is -2.34. The second-order valence-electron chi connectivity index (χ2n) is 5.51. The van der Waals surface area contributed by atoms with Gasteiger partial charge in [-0.2, -0.15) is 0 Å². The van der Waals surface area contributed by atoms with E-state index < -0.39 is 0 Å². The number of carbonyl (C=O) groups is 1. The zero-order valence-corrected chi connectivity index (χ0v) is 10.6. The SMILES string of the molecule is CC(C)(N)CCC(=O)N1Cc2ccccc2C1. The summed E-state index contributed by atoms with van der Waals surface area (Å²) in [6, 6.07) is 8.23. The molecule has 1 aliphatic rings. The molecule has 17 heavy (non-hydrogen) atoms. The molecule has 0 spiro atoms. The first kappa shape index (κ1) is 12.1. The quantitative estimate of drug-likeness (QED) is 0.867. The van der Waals surface area contributed by atoms with Gasteiger partial charge in [0.15, 0.2) is 0 Å². The molecule has 1 aromatic rings. The van der Waals surface area contributed by atoms with Gasteiger partial charge in [-0.1, -0.05) is 24.3 Å². The number of amides is 1. The van der Waals surface area contributed by atoms with E-state index in [1.54, 1.807) is 0 Å². The standard InChI is InChI=1S/C14H20N2O/c1-14(2,15)8-7-13(17)16-9-11-5-3-4-6-12(11)10-16/h3-6H,7-10,15H2,1-2H3. The Morgan fingerprint density at radius 3 is 2.29 bits per heavy atom. The highest BCUT2D eigenvalue weighted by molar-refractivity contribution is 5.77. The minimum Gasteiger partial charge on any atom is -0.334 e. The van der Waals surface area contributed by atoms with E-state index in [1.165, 1.54) is 11.1 Å².